The van der Waals surface area contributed by atoms with Gasteiger partial charge in [-0.05, 0) is 0 Å². The Balaban J connectivity index is 0.00000575. The lowest BCUT2D eigenvalue weighted by Crippen LogP contribution is -2.28. The summed E-state index contributed by atoms with van der Waals surface area (Å²) in [7, 11) is 159. The van der Waals surface area contributed by atoms with Crippen molar-refractivity contribution in [3.8, 4) is 0 Å². The Bertz CT molecular complexity index is 7610. The maximum atomic E-state index is 11.8. The number of rotatable bonds is 2. The third-order valence-electron chi connectivity index (χ3n) is 4.66. The molecule has 1 rings (SSSR count). The molecule has 0 atom stereocenters. The van der Waals surface area contributed by atoms with Crippen molar-refractivity contribution in [2.24, 2.45) is 5.41 Å². The molecule has 1 N–H and O–H groups in total. The molecule has 0 heterocycles. The second-order valence-electron chi connectivity index (χ2n) is 10.7. The van der Waals surface area contributed by atoms with Gasteiger partial charge in [0.1, 0.15) is 0 Å². The molecule has 0 bridgehead atoms. The molecule has 0 aliphatic rings. The van der Waals surface area contributed by atoms with E-state index in [1.165, 1.54) is 17.8 Å². The maximum Gasteiger partial charge on any atom is 0.228 e. The third kappa shape index (κ3) is 104. The van der Waals surface area contributed by atoms with E-state index >= 15 is 0 Å². The Hall–Kier alpha value is 17.7. The maximum absolute atomic E-state index is 11.8. The van der Waals surface area contributed by atoms with Crippen molar-refractivity contribution in [3.63, 3.8) is 0 Å². The van der Waals surface area contributed by atoms with E-state index in [0.717, 1.165) is 0 Å². The highest BCUT2D eigenvalue weighted by molar-refractivity contribution is 8.86. The van der Waals surface area contributed by atoms with Crippen molar-refractivity contribution < 1.29 is 9.59 Å². The van der Waals surface area contributed by atoms with E-state index in [0.29, 0.717) is 11.8 Å². The van der Waals surface area contributed by atoms with Crippen molar-refractivity contribution in [1.29, 1.82) is 0 Å². The number of anilines is 1. The van der Waals surface area contributed by atoms with Gasteiger partial charge in [-0.2, -0.15) is 0 Å². The lowest BCUT2D eigenvalue weighted by Gasteiger charge is -2.19. The fourth-order valence-corrected chi connectivity index (χ4v) is 238. The van der Waals surface area contributed by atoms with Crippen LogP contribution in [0.3, 0.4) is 0 Å². The van der Waals surface area contributed by atoms with Gasteiger partial charge in [-0.3, -0.25) is 9.59 Å². The van der Waals surface area contributed by atoms with Gasteiger partial charge in [-0.1, -0.05) is 39.0 Å². The van der Waals surface area contributed by atoms with Crippen LogP contribution in [0.1, 0.15) is 31.1 Å². The van der Waals surface area contributed by atoms with Gasteiger partial charge < -0.3 is 5.32 Å². The van der Waals surface area contributed by atoms with Crippen molar-refractivity contribution in [2.75, 3.05) is 5.32 Å². The Kier molecular flexibility index (Phi) is 129. The largest absolute Gasteiger partial charge is 0.334 e. The van der Waals surface area contributed by atoms with E-state index in [-0.39, 0.29) is 17.3 Å². The molecule has 0 aliphatic heterocycles. The minimum atomic E-state index is -0.574. The summed E-state index contributed by atoms with van der Waals surface area (Å²) in [5.41, 5.74) is 0.302. The van der Waals surface area contributed by atoms with Gasteiger partial charge in [0.2, 0.25) is 11.6 Å². The Morgan fingerprint density at radius 2 is 0.402 bits per heavy atom. The summed E-state index contributed by atoms with van der Waals surface area (Å²) in [6, 6.07) is 4.75. The van der Waals surface area contributed by atoms with E-state index in [1.54, 1.807) is 146 Å². The first kappa shape index (κ1) is 125. The van der Waals surface area contributed by atoms with Crippen LogP contribution < -0.4 is 5.32 Å². The van der Waals surface area contributed by atoms with Crippen molar-refractivity contribution in [1.82, 2.24) is 0 Å². The zero-order valence-corrected chi connectivity index (χ0v) is 120. The van der Waals surface area contributed by atoms with E-state index in [9.17, 15) is 9.59 Å². The molecule has 0 aromatic heterocycles. The molecule has 0 fully saturated rings. The molecular formula is C13H14N2O2S90. The minimum absolute atomic E-state index is 0.225. The van der Waals surface area contributed by atoms with E-state index in [2.05, 4.69) is 10.2 Å². The molecule has 1 aromatic rings. The van der Waals surface area contributed by atoms with Gasteiger partial charge in [0.25, 0.3) is 0 Å². The minimum Gasteiger partial charge on any atom is -0.334 e. The predicted octanol–water partition coefficient (Wildman–Crippen LogP) is 2.82. The van der Waals surface area contributed by atoms with Crippen LogP contribution in [0, 0.1) is 12.0 Å². The first-order chi connectivity index (χ1) is 52.8. The van der Waals surface area contributed by atoms with Crippen LogP contribution >= 0.6 is 0 Å². The number of benzene rings is 1. The van der Waals surface area contributed by atoms with Crippen molar-refractivity contribution in [2.45, 2.75) is 20.8 Å². The highest BCUT2D eigenvalue weighted by Gasteiger charge is 2.23. The molecule has 0 spiro atoms. The number of amides is 1. The summed E-state index contributed by atoms with van der Waals surface area (Å²) >= 11 is 9.66. The van der Waals surface area contributed by atoms with Crippen LogP contribution in [-0.2, 0) is 809 Å². The second-order valence-corrected chi connectivity index (χ2v) is 166. The van der Waals surface area contributed by atoms with Crippen LogP contribution in [0.25, 0.3) is 4.85 Å². The number of nitrogens with zero attached hydrogens (tertiary/aromatic N) is 1. The average Bonchev–Trinajstić information content (AvgIpc) is 0.835. The van der Waals surface area contributed by atoms with E-state index < -0.39 is 5.41 Å². The number of nitrogens with one attached hydrogen (secondary N) is 1. The summed E-state index contributed by atoms with van der Waals surface area (Å²) in [5, 5.41) is 2.64. The van der Waals surface area contributed by atoms with Crippen LogP contribution in [0.4, 0.5) is 11.4 Å². The molecule has 0 saturated heterocycles. The lowest BCUT2D eigenvalue weighted by atomic mass is 9.95. The Morgan fingerprint density at radius 1 is 0.271 bits per heavy atom. The van der Waals surface area contributed by atoms with Gasteiger partial charge in [0.15, 0.2) is 6.29 Å². The molecule has 0 radical (unpaired) electrons. The van der Waals surface area contributed by atoms with Gasteiger partial charge in [-0.15, -0.1) is 0 Å². The molecule has 628 valence electrons. The second kappa shape index (κ2) is 111. The smallest absolute Gasteiger partial charge is 0.228 e. The van der Waals surface area contributed by atoms with Gasteiger partial charge in [0, 0.05) is 815 Å². The molecule has 0 saturated carbocycles. The Morgan fingerprint density at radius 3 is 0.505 bits per heavy atom. The summed E-state index contributed by atoms with van der Waals surface area (Å²) in [6.45, 7) is 12.3. The van der Waals surface area contributed by atoms with Crippen LogP contribution in [0.5, 0.6) is 0 Å². The topological polar surface area (TPSA) is 50.5 Å². The monoisotopic (exact) mass is 3110 g/mol. The van der Waals surface area contributed by atoms with Gasteiger partial charge in [0.05, 0.1) is 12.3 Å². The molecule has 1 aromatic carbocycles. The summed E-state index contributed by atoms with van der Waals surface area (Å²) < 4.78 is 0. The standard InChI is InChI=1S/C13H14N2O2.S90/c1-13(2,3)12(17)15-11-9(8-16)6-5-7-10(11)14-4;1-3-5-7-9-11-13-15-17-19-21-23-25-27-29-31-33-35-37-39-41-43-45-47-49-51-53-55-57-59-61-63-65-67-69-71-73-75-77-79-81-83-85-87-89-90-88-86-84-82-80-78-76-74-72-70-68-66-64-62-60-58-56-54-52-50-48-46-44-42-40-38-36-34-32-30-28-26-24-22-20-18-16-14-12-10-8-6-4-2/h5-8H,1-3H3,(H,15,17);. The molecule has 4 nitrogen and oxygen atoms in total. The van der Waals surface area contributed by atoms with Crippen LogP contribution in [0.2, 0.25) is 0 Å². The zero-order chi connectivity index (χ0) is 77.3. The fraction of sp³-hybridized carbons (Fsp3) is 0.308. The number of para-hydroxylation sites is 1. The molecular weight excluding hydrogens is 3100 g/mol. The zero-order valence-electron chi connectivity index (χ0n) is 46.8. The van der Waals surface area contributed by atoms with E-state index in [1.807, 2.05) is 657 Å². The summed E-state index contributed by atoms with van der Waals surface area (Å²) in [4.78, 5) is 26.0. The number of aldehydes is 1. The molecule has 1 amide bonds. The highest BCUT2D eigenvalue weighted by atomic mass is 33.6. The molecule has 94 heteroatoms. The van der Waals surface area contributed by atoms with Crippen LogP contribution in [0.15, 0.2) is 18.2 Å². The van der Waals surface area contributed by atoms with Crippen LogP contribution in [-0.4, -0.2) is 12.2 Å². The predicted molar refractivity (Wildman–Crippen MR) is 729 cm³/mol. The quantitative estimate of drug-likeness (QED) is 0.367. The summed E-state index contributed by atoms with van der Waals surface area (Å²) in [5.74, 6) is -0.225. The number of hydrogen-bond donors (Lipinski definition) is 1. The van der Waals surface area contributed by atoms with Gasteiger partial charge in [-0.25, -0.2) is 4.85 Å². The normalized spacial score (nSPS) is 8.28. The van der Waals surface area contributed by atoms with Gasteiger partial charge >= 0.3 is 0 Å². The van der Waals surface area contributed by atoms with E-state index in [4.69, 9.17) is 28.9 Å². The molecule has 0 aliphatic carbocycles. The number of carbonyl (C=O) groups excluding carboxylic acids is 2. The fourth-order valence-electron chi connectivity index (χ4n) is 2.16. The number of carbonyl (C=O) groups is 2. The highest BCUT2D eigenvalue weighted by Crippen LogP contribution is 2.29. The Labute approximate surface area is 877 Å². The first-order valence-corrected chi connectivity index (χ1v) is 139. The SMILES string of the molecule is S=S=S=S=S=S=S=S=S=S=S=S=S=S=S=S=S=S=S=S=S=S=S=S=S=S=S=S=S=S=S=S=S=S=S=S=S=S=S=S=S=S=S=S=S=S=S=S=S=S=S=S=S=S=S=S=S=S=S=S=S=S=S=S=S=S=S=S=S=S=S=S=S=S=S=S=S=S=S=S=S=S=S=S=S=S=S=S=S=S.[C-]#[N+]c1cccc(C=O)c1NC(=O)C(C)(C)C. The van der Waals surface area contributed by atoms with Crippen molar-refractivity contribution in [3.05, 3.63) is 35.2 Å². The number of hydrogen-bond acceptors (Lipinski definition) is 4. The average molecular weight is 3120 g/mol. The molecule has 0 unspecified atom stereocenters. The summed E-state index contributed by atoms with van der Waals surface area (Å²) in [6.07, 6.45) is 0.632. The lowest BCUT2D eigenvalue weighted by molar-refractivity contribution is -0.123. The molecule has 107 heavy (non-hydrogen) atoms. The first-order valence-electron chi connectivity index (χ1n) is 20.0. The van der Waals surface area contributed by atoms with Crippen molar-refractivity contribution >= 4 is 827 Å². The third-order valence-corrected chi connectivity index (χ3v) is 198.